The largest absolute Gasteiger partial charge is 0.493 e. The van der Waals surface area contributed by atoms with E-state index in [0.29, 0.717) is 6.61 Å². The van der Waals surface area contributed by atoms with Gasteiger partial charge in [0.2, 0.25) is 0 Å². The number of ether oxygens (including phenoxy) is 1. The molecule has 3 heteroatoms. The number of para-hydroxylation sites is 1. The molecule has 100 valence electrons. The molecule has 0 aliphatic rings. The van der Waals surface area contributed by atoms with E-state index in [1.807, 2.05) is 36.5 Å². The molecule has 0 spiro atoms. The van der Waals surface area contributed by atoms with Gasteiger partial charge in [-0.2, -0.15) is 0 Å². The molecule has 0 aliphatic heterocycles. The molecule has 2 aromatic rings. The Morgan fingerprint density at radius 1 is 1.21 bits per heavy atom. The van der Waals surface area contributed by atoms with Crippen LogP contribution >= 0.6 is 0 Å². The highest BCUT2D eigenvalue weighted by molar-refractivity contribution is 5.35. The Balaban J connectivity index is 1.96. The first kappa shape index (κ1) is 13.6. The number of aromatic nitrogens is 1. The average molecular weight is 256 g/mol. The summed E-state index contributed by atoms with van der Waals surface area (Å²) in [5.74, 6) is 0.890. The molecule has 19 heavy (non-hydrogen) atoms. The number of hydrogen-bond donors (Lipinski definition) is 1. The molecule has 1 heterocycles. The minimum atomic E-state index is 0.0367. The van der Waals surface area contributed by atoms with Crippen LogP contribution in [0.1, 0.15) is 30.5 Å². The van der Waals surface area contributed by atoms with Crippen LogP contribution < -0.4 is 10.5 Å². The lowest BCUT2D eigenvalue weighted by Gasteiger charge is -2.15. The Morgan fingerprint density at radius 3 is 2.79 bits per heavy atom. The van der Waals surface area contributed by atoms with Gasteiger partial charge in [0.15, 0.2) is 0 Å². The molecule has 2 rings (SSSR count). The summed E-state index contributed by atoms with van der Waals surface area (Å²) in [5, 5.41) is 0. The van der Waals surface area contributed by atoms with E-state index in [0.717, 1.165) is 24.2 Å². The summed E-state index contributed by atoms with van der Waals surface area (Å²) in [4.78, 5) is 4.09. The van der Waals surface area contributed by atoms with Crippen LogP contribution in [0.5, 0.6) is 5.75 Å². The topological polar surface area (TPSA) is 48.1 Å². The van der Waals surface area contributed by atoms with Crippen LogP contribution in [0.2, 0.25) is 0 Å². The molecule has 0 bridgehead atoms. The summed E-state index contributed by atoms with van der Waals surface area (Å²) >= 11 is 0. The van der Waals surface area contributed by atoms with E-state index >= 15 is 0 Å². The van der Waals surface area contributed by atoms with Gasteiger partial charge in [-0.15, -0.1) is 0 Å². The maximum absolute atomic E-state index is 6.09. The Hall–Kier alpha value is -1.87. The van der Waals surface area contributed by atoms with E-state index < -0.39 is 0 Å². The minimum absolute atomic E-state index is 0.0367. The van der Waals surface area contributed by atoms with Crippen LogP contribution in [0.4, 0.5) is 0 Å². The molecule has 1 aromatic carbocycles. The maximum Gasteiger partial charge on any atom is 0.124 e. The van der Waals surface area contributed by atoms with Crippen LogP contribution in [-0.2, 0) is 6.42 Å². The third-order valence-electron chi connectivity index (χ3n) is 3.13. The summed E-state index contributed by atoms with van der Waals surface area (Å²) in [6, 6.07) is 12.0. The molecule has 3 nitrogen and oxygen atoms in total. The summed E-state index contributed by atoms with van der Waals surface area (Å²) < 4.78 is 5.86. The third-order valence-corrected chi connectivity index (χ3v) is 3.13. The van der Waals surface area contributed by atoms with Crippen LogP contribution in [0.25, 0.3) is 0 Å². The summed E-state index contributed by atoms with van der Waals surface area (Å²) in [5.41, 5.74) is 8.35. The zero-order valence-corrected chi connectivity index (χ0v) is 11.3. The predicted molar refractivity (Wildman–Crippen MR) is 77.1 cm³/mol. The van der Waals surface area contributed by atoms with Gasteiger partial charge >= 0.3 is 0 Å². The normalized spacial score (nSPS) is 12.1. The molecule has 0 radical (unpaired) electrons. The number of benzene rings is 1. The fourth-order valence-corrected chi connectivity index (χ4v) is 1.96. The van der Waals surface area contributed by atoms with Gasteiger partial charge < -0.3 is 10.5 Å². The van der Waals surface area contributed by atoms with E-state index in [1.165, 1.54) is 5.56 Å². The summed E-state index contributed by atoms with van der Waals surface area (Å²) in [6.07, 6.45) is 5.40. The smallest absolute Gasteiger partial charge is 0.124 e. The van der Waals surface area contributed by atoms with E-state index in [2.05, 4.69) is 18.0 Å². The molecule has 0 saturated heterocycles. The van der Waals surface area contributed by atoms with Crippen molar-refractivity contribution in [3.8, 4) is 5.75 Å². The van der Waals surface area contributed by atoms with Gasteiger partial charge in [-0.25, -0.2) is 0 Å². The first-order chi connectivity index (χ1) is 9.31. The van der Waals surface area contributed by atoms with Gasteiger partial charge in [0.1, 0.15) is 5.75 Å². The first-order valence-corrected chi connectivity index (χ1v) is 6.67. The van der Waals surface area contributed by atoms with Gasteiger partial charge in [-0.05, 0) is 24.1 Å². The van der Waals surface area contributed by atoms with Gasteiger partial charge in [0.05, 0.1) is 6.61 Å². The molecule has 0 aliphatic carbocycles. The van der Waals surface area contributed by atoms with Gasteiger partial charge in [-0.3, -0.25) is 4.98 Å². The second-order valence-corrected chi connectivity index (χ2v) is 4.51. The molecule has 1 aromatic heterocycles. The summed E-state index contributed by atoms with van der Waals surface area (Å²) in [6.45, 7) is 2.72. The van der Waals surface area contributed by atoms with Crippen LogP contribution in [0.3, 0.4) is 0 Å². The zero-order chi connectivity index (χ0) is 13.5. The minimum Gasteiger partial charge on any atom is -0.493 e. The maximum atomic E-state index is 6.09. The molecule has 0 fully saturated rings. The number of rotatable bonds is 6. The molecular formula is C16H20N2O. The van der Waals surface area contributed by atoms with Crippen molar-refractivity contribution in [3.63, 3.8) is 0 Å². The lowest BCUT2D eigenvalue weighted by atomic mass is 10.0. The highest BCUT2D eigenvalue weighted by Gasteiger charge is 2.09. The molecule has 2 N–H and O–H groups in total. The quantitative estimate of drug-likeness (QED) is 0.864. The van der Waals surface area contributed by atoms with Crippen molar-refractivity contribution in [2.45, 2.75) is 25.8 Å². The lowest BCUT2D eigenvalue weighted by Crippen LogP contribution is -2.11. The fourth-order valence-electron chi connectivity index (χ4n) is 1.96. The van der Waals surface area contributed by atoms with Crippen LogP contribution in [0, 0.1) is 0 Å². The number of hydrogen-bond acceptors (Lipinski definition) is 3. The Labute approximate surface area is 114 Å². The molecule has 1 atom stereocenters. The van der Waals surface area contributed by atoms with Crippen molar-refractivity contribution in [2.75, 3.05) is 6.61 Å². The van der Waals surface area contributed by atoms with Gasteiger partial charge in [0, 0.05) is 30.4 Å². The molecule has 0 unspecified atom stereocenters. The number of nitrogens with two attached hydrogens (primary N) is 1. The third kappa shape index (κ3) is 3.80. The highest BCUT2D eigenvalue weighted by Crippen LogP contribution is 2.25. The highest BCUT2D eigenvalue weighted by atomic mass is 16.5. The average Bonchev–Trinajstić information content (AvgIpc) is 2.48. The van der Waals surface area contributed by atoms with Crippen LogP contribution in [-0.4, -0.2) is 11.6 Å². The van der Waals surface area contributed by atoms with Crippen molar-refractivity contribution in [1.82, 2.24) is 4.98 Å². The second-order valence-electron chi connectivity index (χ2n) is 4.51. The van der Waals surface area contributed by atoms with Crippen molar-refractivity contribution in [3.05, 3.63) is 59.9 Å². The van der Waals surface area contributed by atoms with E-state index in [1.54, 1.807) is 6.20 Å². The summed E-state index contributed by atoms with van der Waals surface area (Å²) in [7, 11) is 0. The molecular weight excluding hydrogens is 236 g/mol. The van der Waals surface area contributed by atoms with E-state index in [4.69, 9.17) is 10.5 Å². The number of pyridine rings is 1. The Kier molecular flexibility index (Phi) is 4.93. The monoisotopic (exact) mass is 256 g/mol. The predicted octanol–water partition coefficient (Wildman–Crippen LogP) is 3.11. The van der Waals surface area contributed by atoms with Gasteiger partial charge in [0.25, 0.3) is 0 Å². The second kappa shape index (κ2) is 6.90. The lowest BCUT2D eigenvalue weighted by molar-refractivity contribution is 0.316. The van der Waals surface area contributed by atoms with Crippen molar-refractivity contribution < 1.29 is 4.74 Å². The molecule has 0 amide bonds. The van der Waals surface area contributed by atoms with Crippen molar-refractivity contribution in [2.24, 2.45) is 5.73 Å². The fraction of sp³-hybridized carbons (Fsp3) is 0.312. The Morgan fingerprint density at radius 2 is 2.05 bits per heavy atom. The van der Waals surface area contributed by atoms with Gasteiger partial charge in [-0.1, -0.05) is 31.2 Å². The van der Waals surface area contributed by atoms with Crippen molar-refractivity contribution >= 4 is 0 Å². The standard InChI is InChI=1S/C16H20N2O/c1-2-15(17)14-7-3-4-8-16(14)19-11-9-13-6-5-10-18-12-13/h3-8,10,12,15H,2,9,11,17H2,1H3/t15-/m1/s1. The zero-order valence-electron chi connectivity index (χ0n) is 11.3. The van der Waals surface area contributed by atoms with E-state index in [9.17, 15) is 0 Å². The van der Waals surface area contributed by atoms with E-state index in [-0.39, 0.29) is 6.04 Å². The SMILES string of the molecule is CC[C@@H](N)c1ccccc1OCCc1cccnc1. The first-order valence-electron chi connectivity index (χ1n) is 6.67. The Bertz CT molecular complexity index is 499. The van der Waals surface area contributed by atoms with Crippen molar-refractivity contribution in [1.29, 1.82) is 0 Å². The van der Waals surface area contributed by atoms with Crippen LogP contribution in [0.15, 0.2) is 48.8 Å². The molecule has 0 saturated carbocycles. The number of nitrogens with zero attached hydrogens (tertiary/aromatic N) is 1.